The summed E-state index contributed by atoms with van der Waals surface area (Å²) in [4.78, 5) is 16.9. The fraction of sp³-hybridized carbons (Fsp3) is 0.263. The van der Waals surface area contributed by atoms with Crippen LogP contribution in [0, 0.1) is 13.8 Å². The molecule has 4 aromatic rings. The highest BCUT2D eigenvalue weighted by Crippen LogP contribution is 2.19. The van der Waals surface area contributed by atoms with E-state index in [1.807, 2.05) is 20.8 Å². The number of oxazole rings is 1. The van der Waals surface area contributed by atoms with Gasteiger partial charge in [-0.05, 0) is 32.0 Å². The highest BCUT2D eigenvalue weighted by molar-refractivity contribution is 6.05. The second-order valence-corrected chi connectivity index (χ2v) is 6.30. The molecule has 0 bridgehead atoms. The Morgan fingerprint density at radius 1 is 1.26 bits per heavy atom. The molecule has 4 rings (SSSR count). The number of carbonyl (C=O) groups is 1. The molecule has 0 aliphatic rings. The fourth-order valence-corrected chi connectivity index (χ4v) is 2.86. The molecule has 8 heteroatoms. The van der Waals surface area contributed by atoms with Gasteiger partial charge in [0.1, 0.15) is 11.3 Å². The smallest absolute Gasteiger partial charge is 0.256 e. The van der Waals surface area contributed by atoms with Crippen molar-refractivity contribution >= 4 is 22.8 Å². The lowest BCUT2D eigenvalue weighted by molar-refractivity contribution is 0.102. The van der Waals surface area contributed by atoms with Crippen molar-refractivity contribution in [2.24, 2.45) is 0 Å². The molecule has 0 atom stereocenters. The van der Waals surface area contributed by atoms with Gasteiger partial charge in [-0.15, -0.1) is 0 Å². The van der Waals surface area contributed by atoms with Crippen LogP contribution in [0.3, 0.4) is 0 Å². The van der Waals surface area contributed by atoms with Gasteiger partial charge < -0.3 is 14.3 Å². The summed E-state index contributed by atoms with van der Waals surface area (Å²) in [5.41, 5.74) is 3.66. The number of nitrogens with one attached hydrogen (secondary N) is 1. The number of anilines is 1. The lowest BCUT2D eigenvalue weighted by Gasteiger charge is -2.03. The molecule has 0 unspecified atom stereocenters. The van der Waals surface area contributed by atoms with Gasteiger partial charge in [-0.3, -0.25) is 9.48 Å². The van der Waals surface area contributed by atoms with E-state index in [1.165, 1.54) is 0 Å². The number of hydrogen-bond donors (Lipinski definition) is 1. The molecule has 138 valence electrons. The Labute approximate surface area is 155 Å². The summed E-state index contributed by atoms with van der Waals surface area (Å²) in [6, 6.07) is 6.93. The third-order valence-corrected chi connectivity index (χ3v) is 4.38. The van der Waals surface area contributed by atoms with Gasteiger partial charge in [-0.2, -0.15) is 5.10 Å². The zero-order valence-corrected chi connectivity index (χ0v) is 15.3. The van der Waals surface area contributed by atoms with Crippen molar-refractivity contribution in [3.63, 3.8) is 0 Å². The topological polar surface area (TPSA) is 99.0 Å². The highest BCUT2D eigenvalue weighted by atomic mass is 16.5. The highest BCUT2D eigenvalue weighted by Gasteiger charge is 2.13. The Hall–Kier alpha value is -3.42. The predicted molar refractivity (Wildman–Crippen MR) is 98.6 cm³/mol. The predicted octanol–water partition coefficient (Wildman–Crippen LogP) is 3.49. The number of nitrogens with zero attached hydrogens (tertiary/aromatic N) is 4. The zero-order valence-electron chi connectivity index (χ0n) is 15.3. The summed E-state index contributed by atoms with van der Waals surface area (Å²) in [6.07, 6.45) is 2.51. The summed E-state index contributed by atoms with van der Waals surface area (Å²) >= 11 is 0. The second-order valence-electron chi connectivity index (χ2n) is 6.30. The van der Waals surface area contributed by atoms with Crippen LogP contribution in [0.1, 0.15) is 40.2 Å². The molecule has 0 aliphatic carbocycles. The van der Waals surface area contributed by atoms with Gasteiger partial charge in [0.25, 0.3) is 5.91 Å². The van der Waals surface area contributed by atoms with Gasteiger partial charge in [0, 0.05) is 29.8 Å². The summed E-state index contributed by atoms with van der Waals surface area (Å²) in [5, 5.41) is 11.1. The van der Waals surface area contributed by atoms with E-state index in [-0.39, 0.29) is 5.91 Å². The molecule has 0 fully saturated rings. The third kappa shape index (κ3) is 3.33. The molecule has 0 radical (unpaired) electrons. The average Bonchev–Trinajstić information content (AvgIpc) is 3.36. The minimum absolute atomic E-state index is 0.250. The molecular formula is C19H19N5O3. The van der Waals surface area contributed by atoms with Crippen LogP contribution in [0.4, 0.5) is 5.82 Å². The van der Waals surface area contributed by atoms with Crippen LogP contribution in [-0.2, 0) is 13.0 Å². The fourth-order valence-electron chi connectivity index (χ4n) is 2.86. The van der Waals surface area contributed by atoms with Crippen LogP contribution >= 0.6 is 0 Å². The maximum atomic E-state index is 12.5. The quantitative estimate of drug-likeness (QED) is 0.581. The van der Waals surface area contributed by atoms with Crippen molar-refractivity contribution in [2.45, 2.75) is 33.7 Å². The van der Waals surface area contributed by atoms with Gasteiger partial charge in [-0.25, -0.2) is 4.98 Å². The van der Waals surface area contributed by atoms with E-state index in [9.17, 15) is 4.79 Å². The first-order chi connectivity index (χ1) is 13.0. The number of carbonyl (C=O) groups excluding carboxylic acids is 1. The third-order valence-electron chi connectivity index (χ3n) is 4.38. The number of benzene rings is 1. The Bertz CT molecular complexity index is 1100. The standard InChI is InChI=1S/C19H19N5O3/c1-4-18-20-15-9-13(5-6-16(15)26-18)19(25)21-17-7-8-24(22-17)10-14-11(2)23-27-12(14)3/h5-9H,4,10H2,1-3H3,(H,21,22,25). The summed E-state index contributed by atoms with van der Waals surface area (Å²) in [7, 11) is 0. The van der Waals surface area contributed by atoms with Crippen LogP contribution in [0.5, 0.6) is 0 Å². The number of hydrogen-bond acceptors (Lipinski definition) is 6. The van der Waals surface area contributed by atoms with Gasteiger partial charge in [0.2, 0.25) is 0 Å². The first-order valence-corrected chi connectivity index (χ1v) is 8.69. The zero-order chi connectivity index (χ0) is 19.0. The van der Waals surface area contributed by atoms with Crippen molar-refractivity contribution in [3.8, 4) is 0 Å². The molecule has 1 amide bonds. The monoisotopic (exact) mass is 365 g/mol. The van der Waals surface area contributed by atoms with Crippen LogP contribution in [0.25, 0.3) is 11.1 Å². The van der Waals surface area contributed by atoms with E-state index in [2.05, 4.69) is 20.6 Å². The maximum absolute atomic E-state index is 12.5. The Kier molecular flexibility index (Phi) is 4.23. The van der Waals surface area contributed by atoms with E-state index in [0.29, 0.717) is 41.3 Å². The van der Waals surface area contributed by atoms with Crippen molar-refractivity contribution in [2.75, 3.05) is 5.32 Å². The molecule has 8 nitrogen and oxygen atoms in total. The van der Waals surface area contributed by atoms with Crippen molar-refractivity contribution in [3.05, 3.63) is 58.9 Å². The van der Waals surface area contributed by atoms with E-state index in [4.69, 9.17) is 8.94 Å². The summed E-state index contributed by atoms with van der Waals surface area (Å²) in [6.45, 7) is 6.26. The molecule has 0 spiro atoms. The van der Waals surface area contributed by atoms with Crippen molar-refractivity contribution in [1.82, 2.24) is 19.9 Å². The van der Waals surface area contributed by atoms with E-state index < -0.39 is 0 Å². The molecular weight excluding hydrogens is 346 g/mol. The van der Waals surface area contributed by atoms with Crippen LogP contribution in [0.2, 0.25) is 0 Å². The minimum atomic E-state index is -0.250. The first-order valence-electron chi connectivity index (χ1n) is 8.69. The number of aromatic nitrogens is 4. The largest absolute Gasteiger partial charge is 0.441 e. The lowest BCUT2D eigenvalue weighted by atomic mass is 10.2. The number of aryl methyl sites for hydroxylation is 3. The number of amides is 1. The Morgan fingerprint density at radius 3 is 2.85 bits per heavy atom. The van der Waals surface area contributed by atoms with E-state index >= 15 is 0 Å². The molecule has 27 heavy (non-hydrogen) atoms. The van der Waals surface area contributed by atoms with Crippen LogP contribution < -0.4 is 5.32 Å². The van der Waals surface area contributed by atoms with Gasteiger partial charge >= 0.3 is 0 Å². The second kappa shape index (κ2) is 6.71. The SMILES string of the molecule is CCc1nc2cc(C(=O)Nc3ccn(Cc4c(C)noc4C)n3)ccc2o1. The Balaban J connectivity index is 1.49. The minimum Gasteiger partial charge on any atom is -0.441 e. The van der Waals surface area contributed by atoms with Gasteiger partial charge in [0.15, 0.2) is 17.3 Å². The number of rotatable bonds is 5. The average molecular weight is 365 g/mol. The van der Waals surface area contributed by atoms with E-state index in [0.717, 1.165) is 17.0 Å². The molecule has 1 N–H and O–H groups in total. The van der Waals surface area contributed by atoms with Gasteiger partial charge in [-0.1, -0.05) is 12.1 Å². The molecule has 1 aromatic carbocycles. The normalized spacial score (nSPS) is 11.2. The molecule has 3 heterocycles. The molecule has 0 saturated heterocycles. The van der Waals surface area contributed by atoms with E-state index in [1.54, 1.807) is 35.1 Å². The lowest BCUT2D eigenvalue weighted by Crippen LogP contribution is -2.13. The molecule has 0 saturated carbocycles. The van der Waals surface area contributed by atoms with Crippen molar-refractivity contribution < 1.29 is 13.7 Å². The Morgan fingerprint density at radius 2 is 2.11 bits per heavy atom. The first kappa shape index (κ1) is 17.0. The van der Waals surface area contributed by atoms with Gasteiger partial charge in [0.05, 0.1) is 12.2 Å². The van der Waals surface area contributed by atoms with Crippen LogP contribution in [0.15, 0.2) is 39.4 Å². The van der Waals surface area contributed by atoms with Crippen LogP contribution in [-0.4, -0.2) is 25.8 Å². The molecule has 0 aliphatic heterocycles. The molecule has 3 aromatic heterocycles. The summed E-state index contributed by atoms with van der Waals surface area (Å²) < 4.78 is 12.5. The summed E-state index contributed by atoms with van der Waals surface area (Å²) in [5.74, 6) is 1.64. The number of fused-ring (bicyclic) bond motifs is 1. The van der Waals surface area contributed by atoms with Crippen molar-refractivity contribution in [1.29, 1.82) is 0 Å². The maximum Gasteiger partial charge on any atom is 0.256 e.